The number of aliphatic imine (C=N–C) groups is 1. The van der Waals surface area contributed by atoms with Crippen LogP contribution in [0.1, 0.15) is 10.4 Å². The molecule has 1 heterocycles. The van der Waals surface area contributed by atoms with Crippen molar-refractivity contribution in [2.24, 2.45) is 4.99 Å². The first-order valence-electron chi connectivity index (χ1n) is 7.07. The third-order valence-electron chi connectivity index (χ3n) is 2.99. The van der Waals surface area contributed by atoms with E-state index in [1.54, 1.807) is 36.2 Å². The number of nitrogens with one attached hydrogen (secondary N) is 2. The van der Waals surface area contributed by atoms with Gasteiger partial charge in [-0.1, -0.05) is 24.3 Å². The Morgan fingerprint density at radius 3 is 2.82 bits per heavy atom. The molecule has 0 radical (unpaired) electrons. The van der Waals surface area contributed by atoms with Crippen LogP contribution in [-0.2, 0) is 12.3 Å². The second-order valence-electron chi connectivity index (χ2n) is 4.58. The van der Waals surface area contributed by atoms with Crippen molar-refractivity contribution in [1.29, 1.82) is 0 Å². The average molecular weight is 337 g/mol. The maximum Gasteiger partial charge on any atom is 0.191 e. The van der Waals surface area contributed by atoms with Gasteiger partial charge in [-0.3, -0.25) is 4.99 Å². The Morgan fingerprint density at radius 1 is 1.23 bits per heavy atom. The summed E-state index contributed by atoms with van der Waals surface area (Å²) in [5.41, 5.74) is 0.757. The van der Waals surface area contributed by atoms with Crippen LogP contribution in [0.25, 0.3) is 0 Å². The highest BCUT2D eigenvalue weighted by Gasteiger charge is 2.01. The molecule has 2 rings (SSSR count). The summed E-state index contributed by atoms with van der Waals surface area (Å²) in [5.74, 6) is 2.25. The van der Waals surface area contributed by atoms with Crippen molar-refractivity contribution >= 4 is 29.1 Å². The SMILES string of the molecule is CN=C(NCCSCc1ccccc1F)NCc1cccs1. The van der Waals surface area contributed by atoms with Crippen LogP contribution >= 0.6 is 23.1 Å². The first kappa shape index (κ1) is 16.8. The van der Waals surface area contributed by atoms with Gasteiger partial charge in [-0.25, -0.2) is 4.39 Å². The molecule has 0 aliphatic rings. The lowest BCUT2D eigenvalue weighted by atomic mass is 10.2. The number of rotatable bonds is 7. The highest BCUT2D eigenvalue weighted by Crippen LogP contribution is 2.14. The van der Waals surface area contributed by atoms with E-state index in [0.717, 1.165) is 30.4 Å². The lowest BCUT2D eigenvalue weighted by Crippen LogP contribution is -2.37. The summed E-state index contributed by atoms with van der Waals surface area (Å²) in [7, 11) is 1.76. The highest BCUT2D eigenvalue weighted by atomic mass is 32.2. The number of thiophene rings is 1. The fourth-order valence-corrected chi connectivity index (χ4v) is 3.33. The Kier molecular flexibility index (Phi) is 7.25. The normalized spacial score (nSPS) is 11.5. The molecular formula is C16H20FN3S2. The smallest absolute Gasteiger partial charge is 0.191 e. The lowest BCUT2D eigenvalue weighted by molar-refractivity contribution is 0.617. The Balaban J connectivity index is 1.61. The molecule has 0 atom stereocenters. The molecule has 0 fully saturated rings. The number of halogens is 1. The quantitative estimate of drug-likeness (QED) is 0.461. The molecule has 0 aliphatic carbocycles. The number of guanidine groups is 1. The first-order chi connectivity index (χ1) is 10.8. The molecule has 0 spiro atoms. The predicted molar refractivity (Wildman–Crippen MR) is 95.1 cm³/mol. The van der Waals surface area contributed by atoms with E-state index in [0.29, 0.717) is 5.75 Å². The molecule has 1 aromatic carbocycles. The Bertz CT molecular complexity index is 585. The predicted octanol–water partition coefficient (Wildman–Crippen LogP) is 3.49. The zero-order chi connectivity index (χ0) is 15.6. The van der Waals surface area contributed by atoms with Gasteiger partial charge in [0.1, 0.15) is 5.82 Å². The monoisotopic (exact) mass is 337 g/mol. The Hall–Kier alpha value is -1.53. The molecule has 0 amide bonds. The number of hydrogen-bond acceptors (Lipinski definition) is 3. The highest BCUT2D eigenvalue weighted by molar-refractivity contribution is 7.98. The second kappa shape index (κ2) is 9.48. The van der Waals surface area contributed by atoms with Gasteiger partial charge in [0.15, 0.2) is 5.96 Å². The minimum absolute atomic E-state index is 0.128. The fourth-order valence-electron chi connectivity index (χ4n) is 1.84. The first-order valence-corrected chi connectivity index (χ1v) is 9.11. The minimum Gasteiger partial charge on any atom is -0.356 e. The van der Waals surface area contributed by atoms with Crippen LogP contribution in [0.5, 0.6) is 0 Å². The minimum atomic E-state index is -0.128. The maximum absolute atomic E-state index is 13.5. The standard InChI is InChI=1S/C16H20FN3S2/c1-18-16(20-11-14-6-4-9-22-14)19-8-10-21-12-13-5-2-3-7-15(13)17/h2-7,9H,8,10-12H2,1H3,(H2,18,19,20). The zero-order valence-electron chi connectivity index (χ0n) is 12.5. The van der Waals surface area contributed by atoms with Gasteiger partial charge in [-0.15, -0.1) is 11.3 Å². The molecular weight excluding hydrogens is 317 g/mol. The van der Waals surface area contributed by atoms with Gasteiger partial charge in [0.25, 0.3) is 0 Å². The van der Waals surface area contributed by atoms with Gasteiger partial charge in [0.2, 0.25) is 0 Å². The third-order valence-corrected chi connectivity index (χ3v) is 4.87. The van der Waals surface area contributed by atoms with E-state index in [9.17, 15) is 4.39 Å². The molecule has 118 valence electrons. The summed E-state index contributed by atoms with van der Waals surface area (Å²) >= 11 is 3.43. The zero-order valence-corrected chi connectivity index (χ0v) is 14.1. The molecule has 1 aromatic heterocycles. The Labute approximate surface area is 139 Å². The Morgan fingerprint density at radius 2 is 2.09 bits per heavy atom. The van der Waals surface area contributed by atoms with E-state index < -0.39 is 0 Å². The van der Waals surface area contributed by atoms with E-state index >= 15 is 0 Å². The third kappa shape index (κ3) is 5.69. The van der Waals surface area contributed by atoms with Crippen LogP contribution in [-0.4, -0.2) is 25.3 Å². The number of hydrogen-bond donors (Lipinski definition) is 2. The van der Waals surface area contributed by atoms with E-state index in [1.807, 2.05) is 18.2 Å². The summed E-state index contributed by atoms with van der Waals surface area (Å²) in [6.07, 6.45) is 0. The molecule has 0 saturated heterocycles. The van der Waals surface area contributed by atoms with Crippen LogP contribution in [0.4, 0.5) is 4.39 Å². The summed E-state index contributed by atoms with van der Waals surface area (Å²) in [6.45, 7) is 1.57. The largest absolute Gasteiger partial charge is 0.356 e. The van der Waals surface area contributed by atoms with Gasteiger partial charge in [-0.2, -0.15) is 11.8 Å². The number of benzene rings is 1. The van der Waals surface area contributed by atoms with Crippen molar-refractivity contribution in [3.63, 3.8) is 0 Å². The molecule has 0 bridgehead atoms. The van der Waals surface area contributed by atoms with Crippen molar-refractivity contribution in [2.45, 2.75) is 12.3 Å². The molecule has 2 aromatic rings. The van der Waals surface area contributed by atoms with Gasteiger partial charge in [-0.05, 0) is 23.1 Å². The molecule has 0 aliphatic heterocycles. The number of nitrogens with zero attached hydrogens (tertiary/aromatic N) is 1. The molecule has 2 N–H and O–H groups in total. The lowest BCUT2D eigenvalue weighted by Gasteiger charge is -2.11. The molecule has 0 unspecified atom stereocenters. The van der Waals surface area contributed by atoms with Crippen LogP contribution in [0.15, 0.2) is 46.8 Å². The van der Waals surface area contributed by atoms with Gasteiger partial charge >= 0.3 is 0 Å². The van der Waals surface area contributed by atoms with Crippen LogP contribution in [0, 0.1) is 5.82 Å². The van der Waals surface area contributed by atoms with Crippen molar-refractivity contribution in [3.05, 3.63) is 58.0 Å². The van der Waals surface area contributed by atoms with Crippen LogP contribution < -0.4 is 10.6 Å². The van der Waals surface area contributed by atoms with E-state index in [1.165, 1.54) is 10.9 Å². The molecule has 3 nitrogen and oxygen atoms in total. The summed E-state index contributed by atoms with van der Waals surface area (Å²) in [4.78, 5) is 5.46. The van der Waals surface area contributed by atoms with Gasteiger partial charge in [0, 0.05) is 30.0 Å². The molecule has 0 saturated carbocycles. The van der Waals surface area contributed by atoms with Crippen molar-refractivity contribution in [2.75, 3.05) is 19.3 Å². The van der Waals surface area contributed by atoms with Crippen molar-refractivity contribution in [1.82, 2.24) is 10.6 Å². The number of thioether (sulfide) groups is 1. The maximum atomic E-state index is 13.5. The van der Waals surface area contributed by atoms with Crippen molar-refractivity contribution in [3.8, 4) is 0 Å². The van der Waals surface area contributed by atoms with Crippen LogP contribution in [0.3, 0.4) is 0 Å². The van der Waals surface area contributed by atoms with Gasteiger partial charge < -0.3 is 10.6 Å². The summed E-state index contributed by atoms with van der Waals surface area (Å²) in [5, 5.41) is 8.59. The van der Waals surface area contributed by atoms with Crippen molar-refractivity contribution < 1.29 is 4.39 Å². The summed E-state index contributed by atoms with van der Waals surface area (Å²) < 4.78 is 13.5. The van der Waals surface area contributed by atoms with E-state index in [2.05, 4.69) is 27.1 Å². The van der Waals surface area contributed by atoms with Gasteiger partial charge in [0.05, 0.1) is 6.54 Å². The molecule has 6 heteroatoms. The summed E-state index contributed by atoms with van der Waals surface area (Å²) in [6, 6.07) is 11.1. The van der Waals surface area contributed by atoms with Crippen LogP contribution in [0.2, 0.25) is 0 Å². The van der Waals surface area contributed by atoms with E-state index in [-0.39, 0.29) is 5.82 Å². The molecule has 22 heavy (non-hydrogen) atoms. The topological polar surface area (TPSA) is 36.4 Å². The second-order valence-corrected chi connectivity index (χ2v) is 6.71. The van der Waals surface area contributed by atoms with E-state index in [4.69, 9.17) is 0 Å². The fraction of sp³-hybridized carbons (Fsp3) is 0.312. The average Bonchev–Trinajstić information content (AvgIpc) is 3.05.